The van der Waals surface area contributed by atoms with Crippen molar-refractivity contribution in [2.24, 2.45) is 11.8 Å². The van der Waals surface area contributed by atoms with E-state index >= 15 is 0 Å². The maximum atomic E-state index is 10.4. The van der Waals surface area contributed by atoms with Crippen LogP contribution in [0.3, 0.4) is 0 Å². The molecule has 1 aliphatic carbocycles. The highest BCUT2D eigenvalue weighted by atomic mass is 16.7. The molecule has 1 saturated carbocycles. The summed E-state index contributed by atoms with van der Waals surface area (Å²) in [7, 11) is 3.90. The third-order valence-corrected chi connectivity index (χ3v) is 11.8. The number of hydrogen-bond donors (Lipinski definition) is 2. The minimum atomic E-state index is -0.476. The van der Waals surface area contributed by atoms with Gasteiger partial charge >= 0.3 is 0 Å². The first kappa shape index (κ1) is 43.6. The molecule has 0 bridgehead atoms. The molecule has 2 saturated heterocycles. The maximum absolute atomic E-state index is 10.4. The Morgan fingerprint density at radius 2 is 0.982 bits per heavy atom. The molecule has 56 heavy (non-hydrogen) atoms. The Hall–Kier alpha value is -3.50. The molecular formula is C48H68N2O6+2. The van der Waals surface area contributed by atoms with Crippen molar-refractivity contribution >= 4 is 13.4 Å². The molecular weight excluding hydrogens is 701 g/mol. The first-order valence-electron chi connectivity index (χ1n) is 20.8. The quantitative estimate of drug-likeness (QED) is 0.101. The summed E-state index contributed by atoms with van der Waals surface area (Å²) in [6.07, 6.45) is 15.4. The number of benzene rings is 2. The molecule has 0 amide bonds. The second-order valence-corrected chi connectivity index (χ2v) is 16.3. The van der Waals surface area contributed by atoms with Gasteiger partial charge in [-0.3, -0.25) is 0 Å². The van der Waals surface area contributed by atoms with E-state index in [1.165, 1.54) is 22.3 Å². The van der Waals surface area contributed by atoms with Crippen LogP contribution in [0, 0.1) is 11.8 Å². The van der Waals surface area contributed by atoms with Gasteiger partial charge in [-0.2, -0.15) is 0 Å². The van der Waals surface area contributed by atoms with Gasteiger partial charge < -0.3 is 29.2 Å². The van der Waals surface area contributed by atoms with E-state index in [1.807, 2.05) is 49.5 Å². The van der Waals surface area contributed by atoms with Gasteiger partial charge in [-0.05, 0) is 112 Å². The van der Waals surface area contributed by atoms with Gasteiger partial charge in [-0.15, -0.1) is 0 Å². The molecule has 8 atom stereocenters. The zero-order chi connectivity index (χ0) is 40.5. The van der Waals surface area contributed by atoms with Crippen LogP contribution in [-0.2, 0) is 18.9 Å². The third kappa shape index (κ3) is 10.9. The Bertz CT molecular complexity index is 1590. The molecule has 8 heteroatoms. The van der Waals surface area contributed by atoms with Crippen molar-refractivity contribution in [3.8, 4) is 0 Å². The maximum Gasteiger partial charge on any atom is 0.184 e. The van der Waals surface area contributed by atoms with Crippen LogP contribution in [0.15, 0.2) is 96.4 Å². The number of nitrogens with zero attached hydrogens (tertiary/aromatic N) is 2. The lowest BCUT2D eigenvalue weighted by atomic mass is 9.48. The van der Waals surface area contributed by atoms with Crippen LogP contribution < -0.4 is 0 Å². The second-order valence-electron chi connectivity index (χ2n) is 16.3. The zero-order valence-corrected chi connectivity index (χ0v) is 35.1. The lowest BCUT2D eigenvalue weighted by Gasteiger charge is -2.54. The minimum absolute atomic E-state index is 0.0375. The van der Waals surface area contributed by atoms with Crippen LogP contribution in [0.1, 0.15) is 127 Å². The molecule has 0 spiro atoms. The summed E-state index contributed by atoms with van der Waals surface area (Å²) < 4.78 is 29.1. The van der Waals surface area contributed by atoms with Crippen LogP contribution >= 0.6 is 0 Å². The van der Waals surface area contributed by atoms with Crippen molar-refractivity contribution in [3.63, 3.8) is 0 Å². The van der Waals surface area contributed by atoms with Crippen molar-refractivity contribution in [3.05, 3.63) is 119 Å². The average Bonchev–Trinajstić information content (AvgIpc) is 3.16. The fourth-order valence-corrected chi connectivity index (χ4v) is 8.74. The summed E-state index contributed by atoms with van der Waals surface area (Å²) in [4.78, 5) is 0. The molecule has 5 rings (SSSR count). The molecule has 3 aliphatic rings. The molecule has 8 unspecified atom stereocenters. The molecule has 2 heterocycles. The standard InChI is InChI=1S/C48H68N2O6/c1-11-33(23-25-49(7)8)43-45(35-15-19-37(20-16-35)47-53-31(5)27-41(55-47)29-39(51)13-3)44(34(12-2)24-26-50(9)10)46(43)36-17-21-38(22-18-36)48-54-32(6)28-42(56-48)30-40(52)14-4/h11-12,15-26,31-32,39-48,51-52H,7,9,13-14,27-30H2,1-6,8,10H3/q+2/b25-23-,26-24-,33-11+,34-12+. The predicted octanol–water partition coefficient (Wildman–Crippen LogP) is 9.11. The van der Waals surface area contributed by atoms with Gasteiger partial charge in [0.05, 0.1) is 36.6 Å². The summed E-state index contributed by atoms with van der Waals surface area (Å²) in [5.74, 6) is 0.676. The van der Waals surface area contributed by atoms with Crippen LogP contribution in [0.4, 0.5) is 0 Å². The van der Waals surface area contributed by atoms with Gasteiger partial charge in [0.25, 0.3) is 0 Å². The fraction of sp³-hybridized carbons (Fsp3) is 0.542. The largest absolute Gasteiger partial charge is 0.393 e. The van der Waals surface area contributed by atoms with E-state index < -0.39 is 12.6 Å². The molecule has 2 aliphatic heterocycles. The van der Waals surface area contributed by atoms with Crippen LogP contribution in [-0.4, -0.2) is 83.5 Å². The summed E-state index contributed by atoms with van der Waals surface area (Å²) in [6.45, 7) is 20.6. The van der Waals surface area contributed by atoms with E-state index in [9.17, 15) is 10.2 Å². The predicted molar refractivity (Wildman–Crippen MR) is 225 cm³/mol. The Kier molecular flexibility index (Phi) is 15.8. The average molecular weight is 769 g/mol. The summed E-state index contributed by atoms with van der Waals surface area (Å²) in [6, 6.07) is 17.6. The topological polar surface area (TPSA) is 83.4 Å². The highest BCUT2D eigenvalue weighted by molar-refractivity contribution is 5.48. The van der Waals surface area contributed by atoms with Crippen molar-refractivity contribution in [2.75, 3.05) is 14.1 Å². The van der Waals surface area contributed by atoms with E-state index in [0.29, 0.717) is 25.7 Å². The zero-order valence-electron chi connectivity index (χ0n) is 35.1. The Morgan fingerprint density at radius 1 is 0.643 bits per heavy atom. The fourth-order valence-electron chi connectivity index (χ4n) is 8.74. The van der Waals surface area contributed by atoms with E-state index in [4.69, 9.17) is 18.9 Å². The second kappa shape index (κ2) is 20.3. The summed E-state index contributed by atoms with van der Waals surface area (Å²) >= 11 is 0. The lowest BCUT2D eigenvalue weighted by molar-refractivity contribution is -0.412. The number of aliphatic hydroxyl groups is 2. The molecule has 0 radical (unpaired) electrons. The van der Waals surface area contributed by atoms with Gasteiger partial charge in [-0.25, -0.2) is 9.15 Å². The molecule has 0 aromatic heterocycles. The molecule has 3 fully saturated rings. The number of allylic oxidation sites excluding steroid dienone is 6. The molecule has 2 N–H and O–H groups in total. The van der Waals surface area contributed by atoms with E-state index in [-0.39, 0.29) is 60.3 Å². The van der Waals surface area contributed by atoms with Gasteiger partial charge in [0, 0.05) is 23.3 Å². The molecule has 2 aromatic rings. The van der Waals surface area contributed by atoms with Crippen LogP contribution in [0.2, 0.25) is 0 Å². The van der Waals surface area contributed by atoms with Gasteiger partial charge in [0.15, 0.2) is 25.0 Å². The Morgan fingerprint density at radius 3 is 1.29 bits per heavy atom. The monoisotopic (exact) mass is 769 g/mol. The van der Waals surface area contributed by atoms with E-state index in [0.717, 1.165) is 24.0 Å². The van der Waals surface area contributed by atoms with Gasteiger partial charge in [0.2, 0.25) is 0 Å². The smallest absolute Gasteiger partial charge is 0.184 e. The molecule has 304 valence electrons. The normalized spacial score (nSPS) is 31.3. The molecule has 2 aromatic carbocycles. The first-order valence-corrected chi connectivity index (χ1v) is 20.8. The Labute approximate surface area is 336 Å². The minimum Gasteiger partial charge on any atom is -0.393 e. The number of aliphatic hydroxyl groups excluding tert-OH is 2. The Balaban J connectivity index is 1.52. The number of hydrogen-bond acceptors (Lipinski definition) is 6. The number of ether oxygens (including phenoxy) is 4. The third-order valence-electron chi connectivity index (χ3n) is 11.8. The SMILES string of the molecule is C=[N+](C)/C=C\C(=C/C)C1C(c2ccc(C3OC(C)CC(CC(O)CC)O3)cc2)C(C(/C=C\[N+](=C)C)=C/C)C1c1ccc(C2OC(C)CC(CC(O)CC)O2)cc1. The van der Waals surface area contributed by atoms with Crippen LogP contribution in [0.25, 0.3) is 0 Å². The molecule has 8 nitrogen and oxygen atoms in total. The van der Waals surface area contributed by atoms with Crippen molar-refractivity contribution in [1.82, 2.24) is 0 Å². The van der Waals surface area contributed by atoms with Crippen molar-refractivity contribution < 1.29 is 38.3 Å². The number of rotatable bonds is 16. The highest BCUT2D eigenvalue weighted by Gasteiger charge is 2.53. The van der Waals surface area contributed by atoms with Gasteiger partial charge in [0.1, 0.15) is 27.5 Å². The first-order chi connectivity index (χ1) is 26.8. The van der Waals surface area contributed by atoms with E-state index in [1.54, 1.807) is 0 Å². The highest BCUT2D eigenvalue weighted by Crippen LogP contribution is 2.63. The lowest BCUT2D eigenvalue weighted by Crippen LogP contribution is -2.45. The van der Waals surface area contributed by atoms with Crippen molar-refractivity contribution in [2.45, 2.75) is 141 Å². The van der Waals surface area contributed by atoms with Gasteiger partial charge in [-0.1, -0.05) is 74.5 Å². The summed E-state index contributed by atoms with van der Waals surface area (Å²) in [5, 5.41) is 20.7. The van der Waals surface area contributed by atoms with E-state index in [2.05, 4.69) is 114 Å². The van der Waals surface area contributed by atoms with Crippen LogP contribution in [0.5, 0.6) is 0 Å². The summed E-state index contributed by atoms with van der Waals surface area (Å²) in [5.41, 5.74) is 6.98. The van der Waals surface area contributed by atoms with Crippen molar-refractivity contribution in [1.29, 1.82) is 0 Å².